The van der Waals surface area contributed by atoms with Gasteiger partial charge in [0, 0.05) is 18.8 Å². The first-order chi connectivity index (χ1) is 15.4. The van der Waals surface area contributed by atoms with Crippen molar-refractivity contribution in [2.24, 2.45) is 0 Å². The SMILES string of the molecule is CCCCCCC[N+](CCCCCCC)(CCCS(=O)(=O)[O-])CCOCCOCCCC. The monoisotopic (exact) mass is 479 g/mol. The Balaban J connectivity index is 4.80. The highest BCUT2D eigenvalue weighted by atomic mass is 32.2. The lowest BCUT2D eigenvalue weighted by atomic mass is 10.1. The zero-order valence-corrected chi connectivity index (χ0v) is 22.3. The number of rotatable bonds is 25. The first-order valence-corrected chi connectivity index (χ1v) is 14.9. The van der Waals surface area contributed by atoms with E-state index in [1.54, 1.807) is 0 Å². The molecule has 0 spiro atoms. The Kier molecular flexibility index (Phi) is 21.2. The number of quaternary nitrogens is 1. The van der Waals surface area contributed by atoms with E-state index in [0.29, 0.717) is 26.2 Å². The first kappa shape index (κ1) is 31.8. The second-order valence-electron chi connectivity index (χ2n) is 9.26. The molecular weight excluding hydrogens is 426 g/mol. The Morgan fingerprint density at radius 2 is 1.03 bits per heavy atom. The van der Waals surface area contributed by atoms with Gasteiger partial charge in [-0.25, -0.2) is 8.42 Å². The van der Waals surface area contributed by atoms with Crippen molar-refractivity contribution in [2.75, 3.05) is 58.4 Å². The molecule has 194 valence electrons. The smallest absolute Gasteiger partial charge is 0.102 e. The molecule has 6 nitrogen and oxygen atoms in total. The molecule has 0 fully saturated rings. The fraction of sp³-hybridized carbons (Fsp3) is 1.00. The molecule has 0 saturated carbocycles. The van der Waals surface area contributed by atoms with Gasteiger partial charge in [0.2, 0.25) is 0 Å². The van der Waals surface area contributed by atoms with Crippen molar-refractivity contribution in [3.63, 3.8) is 0 Å². The summed E-state index contributed by atoms with van der Waals surface area (Å²) in [6.07, 6.45) is 14.9. The van der Waals surface area contributed by atoms with Crippen LogP contribution in [0.2, 0.25) is 0 Å². The summed E-state index contributed by atoms with van der Waals surface area (Å²) in [5.74, 6) is -0.259. The molecule has 0 amide bonds. The van der Waals surface area contributed by atoms with E-state index < -0.39 is 10.1 Å². The lowest BCUT2D eigenvalue weighted by Gasteiger charge is -2.39. The molecule has 0 N–H and O–H groups in total. The molecule has 0 aliphatic carbocycles. The van der Waals surface area contributed by atoms with Crippen LogP contribution in [0.3, 0.4) is 0 Å². The van der Waals surface area contributed by atoms with Gasteiger partial charge < -0.3 is 18.5 Å². The van der Waals surface area contributed by atoms with Crippen LogP contribution < -0.4 is 0 Å². The average molecular weight is 480 g/mol. The van der Waals surface area contributed by atoms with Crippen molar-refractivity contribution >= 4 is 10.1 Å². The van der Waals surface area contributed by atoms with E-state index in [1.165, 1.54) is 51.4 Å². The van der Waals surface area contributed by atoms with E-state index in [2.05, 4.69) is 20.8 Å². The Morgan fingerprint density at radius 1 is 0.562 bits per heavy atom. The maximum absolute atomic E-state index is 11.2. The highest BCUT2D eigenvalue weighted by molar-refractivity contribution is 7.85. The minimum atomic E-state index is -4.16. The fourth-order valence-corrected chi connectivity index (χ4v) is 4.66. The average Bonchev–Trinajstić information content (AvgIpc) is 2.74. The van der Waals surface area contributed by atoms with E-state index in [4.69, 9.17) is 9.47 Å². The van der Waals surface area contributed by atoms with E-state index in [0.717, 1.165) is 63.0 Å². The molecule has 0 rings (SSSR count). The van der Waals surface area contributed by atoms with Gasteiger partial charge in [0.15, 0.2) is 0 Å². The summed E-state index contributed by atoms with van der Waals surface area (Å²) >= 11 is 0. The normalized spacial score (nSPS) is 12.5. The van der Waals surface area contributed by atoms with Crippen molar-refractivity contribution in [3.8, 4) is 0 Å². The molecule has 0 heterocycles. The van der Waals surface area contributed by atoms with Crippen LogP contribution in [0.25, 0.3) is 0 Å². The third-order valence-corrected chi connectivity index (χ3v) is 7.01. The molecule has 0 saturated heterocycles. The van der Waals surface area contributed by atoms with Crippen LogP contribution in [-0.4, -0.2) is 75.8 Å². The summed E-state index contributed by atoms with van der Waals surface area (Å²) in [5, 5.41) is 0. The van der Waals surface area contributed by atoms with Crippen LogP contribution in [0.4, 0.5) is 0 Å². The van der Waals surface area contributed by atoms with Crippen LogP contribution in [0.15, 0.2) is 0 Å². The van der Waals surface area contributed by atoms with Crippen LogP contribution in [0, 0.1) is 0 Å². The quantitative estimate of drug-likeness (QED) is 0.0980. The number of unbranched alkanes of at least 4 members (excludes halogenated alkanes) is 9. The van der Waals surface area contributed by atoms with E-state index in [9.17, 15) is 13.0 Å². The molecule has 0 radical (unpaired) electrons. The van der Waals surface area contributed by atoms with Gasteiger partial charge in [-0.15, -0.1) is 0 Å². The maximum atomic E-state index is 11.2. The van der Waals surface area contributed by atoms with Crippen molar-refractivity contribution in [3.05, 3.63) is 0 Å². The Labute approximate surface area is 199 Å². The number of hydrogen-bond acceptors (Lipinski definition) is 5. The fourth-order valence-electron chi connectivity index (χ4n) is 4.18. The molecule has 0 atom stereocenters. The van der Waals surface area contributed by atoms with E-state index in [1.807, 2.05) is 0 Å². The summed E-state index contributed by atoms with van der Waals surface area (Å²) in [4.78, 5) is 0. The lowest BCUT2D eigenvalue weighted by molar-refractivity contribution is -0.929. The van der Waals surface area contributed by atoms with E-state index in [-0.39, 0.29) is 5.75 Å². The molecule has 0 unspecified atom stereocenters. The highest BCUT2D eigenvalue weighted by Crippen LogP contribution is 2.17. The second-order valence-corrected chi connectivity index (χ2v) is 10.8. The van der Waals surface area contributed by atoms with Gasteiger partial charge >= 0.3 is 0 Å². The van der Waals surface area contributed by atoms with Gasteiger partial charge in [-0.05, 0) is 32.1 Å². The Bertz CT molecular complexity index is 485. The van der Waals surface area contributed by atoms with Gasteiger partial charge in [-0.3, -0.25) is 0 Å². The molecular formula is C25H53NO5S. The van der Waals surface area contributed by atoms with Crippen molar-refractivity contribution in [1.82, 2.24) is 0 Å². The van der Waals surface area contributed by atoms with Gasteiger partial charge in [0.05, 0.1) is 49.6 Å². The summed E-state index contributed by atoms with van der Waals surface area (Å²) < 4.78 is 45.9. The molecule has 0 aromatic heterocycles. The largest absolute Gasteiger partial charge is 0.748 e. The summed E-state index contributed by atoms with van der Waals surface area (Å²) in [7, 11) is -4.16. The van der Waals surface area contributed by atoms with Gasteiger partial charge in [0.1, 0.15) is 6.54 Å². The standard InChI is InChI=1S/C25H53NO5S/c1-4-7-10-12-14-17-26(18-15-13-11-8-5-2,19-16-25-32(27,28)29)20-22-31-24-23-30-21-9-6-3/h4-25H2,1-3H3. The minimum absolute atomic E-state index is 0.259. The Morgan fingerprint density at radius 3 is 1.53 bits per heavy atom. The summed E-state index contributed by atoms with van der Waals surface area (Å²) in [6, 6.07) is 0. The number of ether oxygens (including phenoxy) is 2. The predicted molar refractivity (Wildman–Crippen MR) is 133 cm³/mol. The van der Waals surface area contributed by atoms with Crippen molar-refractivity contribution in [2.45, 2.75) is 104 Å². The molecule has 7 heteroatoms. The zero-order chi connectivity index (χ0) is 24.0. The minimum Gasteiger partial charge on any atom is -0.748 e. The summed E-state index contributed by atoms with van der Waals surface area (Å²) in [5.41, 5.74) is 0. The van der Waals surface area contributed by atoms with Gasteiger partial charge in [-0.1, -0.05) is 65.7 Å². The molecule has 0 aliphatic rings. The van der Waals surface area contributed by atoms with Crippen molar-refractivity contribution < 1.29 is 26.9 Å². The maximum Gasteiger partial charge on any atom is 0.102 e. The number of hydrogen-bond donors (Lipinski definition) is 0. The van der Waals surface area contributed by atoms with Crippen LogP contribution in [-0.2, 0) is 19.6 Å². The second kappa shape index (κ2) is 21.3. The first-order valence-electron chi connectivity index (χ1n) is 13.3. The molecule has 32 heavy (non-hydrogen) atoms. The Hall–Kier alpha value is -0.210. The topological polar surface area (TPSA) is 75.7 Å². The summed E-state index contributed by atoms with van der Waals surface area (Å²) in [6.45, 7) is 13.0. The van der Waals surface area contributed by atoms with Crippen molar-refractivity contribution in [1.29, 1.82) is 0 Å². The van der Waals surface area contributed by atoms with Crippen LogP contribution in [0.5, 0.6) is 0 Å². The van der Waals surface area contributed by atoms with Crippen LogP contribution >= 0.6 is 0 Å². The highest BCUT2D eigenvalue weighted by Gasteiger charge is 2.26. The third-order valence-electron chi connectivity index (χ3n) is 6.22. The molecule has 0 aliphatic heterocycles. The molecule has 0 aromatic carbocycles. The van der Waals surface area contributed by atoms with Gasteiger partial charge in [-0.2, -0.15) is 0 Å². The predicted octanol–water partition coefficient (Wildman–Crippen LogP) is 5.51. The molecule has 0 aromatic rings. The van der Waals surface area contributed by atoms with E-state index >= 15 is 0 Å². The third kappa shape index (κ3) is 20.4. The van der Waals surface area contributed by atoms with Gasteiger partial charge in [0.25, 0.3) is 0 Å². The number of nitrogens with zero attached hydrogens (tertiary/aromatic N) is 1. The molecule has 0 bridgehead atoms. The van der Waals surface area contributed by atoms with Crippen LogP contribution in [0.1, 0.15) is 104 Å². The zero-order valence-electron chi connectivity index (χ0n) is 21.5. The lowest BCUT2D eigenvalue weighted by Crippen LogP contribution is -2.52.